The number of anilines is 1. The number of hydrogen-bond acceptors (Lipinski definition) is 3. The zero-order valence-electron chi connectivity index (χ0n) is 10.4. The lowest BCUT2D eigenvalue weighted by atomic mass is 10.2. The summed E-state index contributed by atoms with van der Waals surface area (Å²) in [6.07, 6.45) is 0. The van der Waals surface area contributed by atoms with Crippen LogP contribution in [-0.4, -0.2) is 4.98 Å². The van der Waals surface area contributed by atoms with Gasteiger partial charge in [-0.15, -0.1) is 11.3 Å². The lowest BCUT2D eigenvalue weighted by Gasteiger charge is -2.14. The number of nitrogens with zero attached hydrogens (tertiary/aromatic N) is 1. The van der Waals surface area contributed by atoms with E-state index in [0.29, 0.717) is 5.02 Å². The van der Waals surface area contributed by atoms with E-state index >= 15 is 0 Å². The second-order valence-corrected chi connectivity index (χ2v) is 6.84. The number of halogens is 2. The van der Waals surface area contributed by atoms with Gasteiger partial charge in [0.1, 0.15) is 0 Å². The van der Waals surface area contributed by atoms with Crippen LogP contribution in [0.5, 0.6) is 0 Å². The molecule has 1 heterocycles. The van der Waals surface area contributed by atoms with Crippen LogP contribution in [0, 0.1) is 13.8 Å². The molecule has 1 unspecified atom stereocenters. The van der Waals surface area contributed by atoms with Crippen LogP contribution in [0.15, 0.2) is 22.7 Å². The minimum Gasteiger partial charge on any atom is -0.377 e. The normalized spacial score (nSPS) is 12.5. The molecule has 18 heavy (non-hydrogen) atoms. The Morgan fingerprint density at radius 2 is 2.11 bits per heavy atom. The maximum atomic E-state index is 5.98. The Morgan fingerprint density at radius 3 is 2.67 bits per heavy atom. The number of aromatic nitrogens is 1. The van der Waals surface area contributed by atoms with Gasteiger partial charge in [-0.3, -0.25) is 0 Å². The first-order valence-corrected chi connectivity index (χ1v) is 7.61. The van der Waals surface area contributed by atoms with Crippen LogP contribution in [0.3, 0.4) is 0 Å². The van der Waals surface area contributed by atoms with Crippen LogP contribution >= 0.6 is 38.9 Å². The molecule has 1 N–H and O–H groups in total. The van der Waals surface area contributed by atoms with E-state index in [0.717, 1.165) is 20.9 Å². The van der Waals surface area contributed by atoms with Crippen molar-refractivity contribution in [2.24, 2.45) is 0 Å². The summed E-state index contributed by atoms with van der Waals surface area (Å²) < 4.78 is 0.896. The van der Waals surface area contributed by atoms with Crippen molar-refractivity contribution in [2.45, 2.75) is 26.8 Å². The summed E-state index contributed by atoms with van der Waals surface area (Å²) in [5.74, 6) is 0. The van der Waals surface area contributed by atoms with Crippen molar-refractivity contribution in [3.8, 4) is 0 Å². The van der Waals surface area contributed by atoms with E-state index in [1.807, 2.05) is 25.1 Å². The van der Waals surface area contributed by atoms with Crippen molar-refractivity contribution >= 4 is 44.6 Å². The molecule has 1 aromatic carbocycles. The summed E-state index contributed by atoms with van der Waals surface area (Å²) in [4.78, 5) is 5.83. The minimum absolute atomic E-state index is 0.183. The zero-order chi connectivity index (χ0) is 13.3. The van der Waals surface area contributed by atoms with E-state index in [4.69, 9.17) is 11.6 Å². The second-order valence-electron chi connectivity index (χ2n) is 4.17. The van der Waals surface area contributed by atoms with Gasteiger partial charge >= 0.3 is 0 Å². The van der Waals surface area contributed by atoms with E-state index in [9.17, 15) is 0 Å². The lowest BCUT2D eigenvalue weighted by Crippen LogP contribution is -2.08. The van der Waals surface area contributed by atoms with E-state index in [1.165, 1.54) is 4.88 Å². The molecule has 0 bridgehead atoms. The SMILES string of the molecule is Cc1nc(C(C)Nc2ccc(Cl)c(Br)c2)c(C)s1. The molecule has 0 aliphatic carbocycles. The number of rotatable bonds is 3. The van der Waals surface area contributed by atoms with Gasteiger partial charge in [-0.1, -0.05) is 11.6 Å². The Kier molecular flexibility index (Phi) is 4.30. The first-order valence-electron chi connectivity index (χ1n) is 5.63. The van der Waals surface area contributed by atoms with Crippen molar-refractivity contribution < 1.29 is 0 Å². The van der Waals surface area contributed by atoms with E-state index in [-0.39, 0.29) is 6.04 Å². The highest BCUT2D eigenvalue weighted by molar-refractivity contribution is 9.10. The van der Waals surface area contributed by atoms with Gasteiger partial charge in [0.25, 0.3) is 0 Å². The molecule has 0 spiro atoms. The average molecular weight is 346 g/mol. The summed E-state index contributed by atoms with van der Waals surface area (Å²) >= 11 is 11.1. The molecule has 1 aromatic heterocycles. The molecule has 0 saturated heterocycles. The molecule has 2 rings (SSSR count). The fraction of sp³-hybridized carbons (Fsp3) is 0.308. The second kappa shape index (κ2) is 5.59. The summed E-state index contributed by atoms with van der Waals surface area (Å²) in [5.41, 5.74) is 2.15. The monoisotopic (exact) mass is 344 g/mol. The standard InChI is InChI=1S/C13H14BrClN2S/c1-7(13-8(2)18-9(3)17-13)16-10-4-5-12(15)11(14)6-10/h4-7,16H,1-3H3. The molecular formula is C13H14BrClN2S. The van der Waals surface area contributed by atoms with Crippen molar-refractivity contribution in [3.05, 3.63) is 43.3 Å². The van der Waals surface area contributed by atoms with Gasteiger partial charge in [0.15, 0.2) is 0 Å². The molecule has 0 aliphatic rings. The highest BCUT2D eigenvalue weighted by atomic mass is 79.9. The van der Waals surface area contributed by atoms with Crippen LogP contribution in [-0.2, 0) is 0 Å². The quantitative estimate of drug-likeness (QED) is 0.811. The average Bonchev–Trinajstić information content (AvgIpc) is 2.63. The molecule has 96 valence electrons. The summed E-state index contributed by atoms with van der Waals surface area (Å²) in [6.45, 7) is 6.26. The molecule has 2 nitrogen and oxygen atoms in total. The maximum absolute atomic E-state index is 5.98. The fourth-order valence-corrected chi connectivity index (χ4v) is 3.26. The van der Waals surface area contributed by atoms with Crippen LogP contribution in [0.4, 0.5) is 5.69 Å². The van der Waals surface area contributed by atoms with Gasteiger partial charge in [-0.2, -0.15) is 0 Å². The molecule has 0 radical (unpaired) electrons. The highest BCUT2D eigenvalue weighted by Gasteiger charge is 2.13. The summed E-state index contributed by atoms with van der Waals surface area (Å²) in [5, 5.41) is 5.26. The smallest absolute Gasteiger partial charge is 0.0901 e. The Bertz CT molecular complexity index is 568. The fourth-order valence-electron chi connectivity index (χ4n) is 1.85. The van der Waals surface area contributed by atoms with Crippen molar-refractivity contribution in [2.75, 3.05) is 5.32 Å². The van der Waals surface area contributed by atoms with Crippen molar-refractivity contribution in [1.82, 2.24) is 4.98 Å². The van der Waals surface area contributed by atoms with Gasteiger partial charge in [-0.05, 0) is 54.9 Å². The zero-order valence-corrected chi connectivity index (χ0v) is 13.6. The molecule has 0 aliphatic heterocycles. The van der Waals surface area contributed by atoms with Crippen LogP contribution in [0.25, 0.3) is 0 Å². The van der Waals surface area contributed by atoms with Gasteiger partial charge in [-0.25, -0.2) is 4.98 Å². The number of thiazole rings is 1. The Morgan fingerprint density at radius 1 is 1.39 bits per heavy atom. The number of hydrogen-bond donors (Lipinski definition) is 1. The van der Waals surface area contributed by atoms with Crippen LogP contribution in [0.2, 0.25) is 5.02 Å². The summed E-state index contributed by atoms with van der Waals surface area (Å²) in [7, 11) is 0. The molecular weight excluding hydrogens is 332 g/mol. The van der Waals surface area contributed by atoms with Gasteiger partial charge in [0, 0.05) is 15.0 Å². The highest BCUT2D eigenvalue weighted by Crippen LogP contribution is 2.29. The Labute approximate surface area is 125 Å². The predicted molar refractivity (Wildman–Crippen MR) is 82.8 cm³/mol. The summed E-state index contributed by atoms with van der Waals surface area (Å²) in [6, 6.07) is 6.01. The Balaban J connectivity index is 2.18. The molecule has 1 atom stereocenters. The number of nitrogens with one attached hydrogen (secondary N) is 1. The van der Waals surface area contributed by atoms with E-state index < -0.39 is 0 Å². The third-order valence-corrected chi connectivity index (χ3v) is 4.77. The van der Waals surface area contributed by atoms with Crippen LogP contribution < -0.4 is 5.32 Å². The molecule has 2 aromatic rings. The molecule has 0 saturated carbocycles. The maximum Gasteiger partial charge on any atom is 0.0901 e. The number of aryl methyl sites for hydroxylation is 2. The molecule has 5 heteroatoms. The largest absolute Gasteiger partial charge is 0.377 e. The number of benzene rings is 1. The first-order chi connectivity index (χ1) is 8.47. The van der Waals surface area contributed by atoms with Gasteiger partial charge in [0.05, 0.1) is 21.8 Å². The topological polar surface area (TPSA) is 24.9 Å². The van der Waals surface area contributed by atoms with Crippen molar-refractivity contribution in [1.29, 1.82) is 0 Å². The Hall–Kier alpha value is -0.580. The van der Waals surface area contributed by atoms with Gasteiger partial charge < -0.3 is 5.32 Å². The van der Waals surface area contributed by atoms with Crippen molar-refractivity contribution in [3.63, 3.8) is 0 Å². The predicted octanol–water partition coefficient (Wildman–Crippen LogP) is 5.35. The van der Waals surface area contributed by atoms with Gasteiger partial charge in [0.2, 0.25) is 0 Å². The molecule has 0 amide bonds. The van der Waals surface area contributed by atoms with Crippen LogP contribution in [0.1, 0.15) is 28.5 Å². The third kappa shape index (κ3) is 3.05. The minimum atomic E-state index is 0.183. The lowest BCUT2D eigenvalue weighted by molar-refractivity contribution is 0.837. The van der Waals surface area contributed by atoms with E-state index in [2.05, 4.69) is 40.1 Å². The third-order valence-electron chi connectivity index (χ3n) is 2.65. The first kappa shape index (κ1) is 13.8. The molecule has 0 fully saturated rings. The van der Waals surface area contributed by atoms with E-state index in [1.54, 1.807) is 11.3 Å².